The van der Waals surface area contributed by atoms with E-state index in [9.17, 15) is 15.2 Å². The number of nitrogens with two attached hydrogens (primary N) is 1. The van der Waals surface area contributed by atoms with Crippen LogP contribution in [-0.4, -0.2) is 38.6 Å². The highest BCUT2D eigenvalue weighted by Crippen LogP contribution is 2.50. The number of pyridine rings is 1. The molecule has 1 saturated heterocycles. The Hall–Kier alpha value is -3.22. The molecule has 0 radical (unpaired) electrons. The van der Waals surface area contributed by atoms with Crippen molar-refractivity contribution in [1.29, 1.82) is 5.26 Å². The third-order valence-electron chi connectivity index (χ3n) is 9.98. The van der Waals surface area contributed by atoms with Gasteiger partial charge in [0.15, 0.2) is 5.82 Å². The molecule has 242 valence electrons. The second-order valence-corrected chi connectivity index (χ2v) is 13.9. The first-order chi connectivity index (χ1) is 22.1. The third kappa shape index (κ3) is 5.45. The van der Waals surface area contributed by atoms with Gasteiger partial charge in [-0.2, -0.15) is 5.26 Å². The summed E-state index contributed by atoms with van der Waals surface area (Å²) >= 11 is 13.0. The van der Waals surface area contributed by atoms with E-state index in [0.29, 0.717) is 46.7 Å². The average Bonchev–Trinajstić information content (AvgIpc) is 3.43. The molecule has 2 fully saturated rings. The van der Waals surface area contributed by atoms with Crippen molar-refractivity contribution in [1.82, 2.24) is 14.5 Å². The molecule has 3 unspecified atom stereocenters. The van der Waals surface area contributed by atoms with E-state index in [0.717, 1.165) is 48.7 Å². The van der Waals surface area contributed by atoms with E-state index in [-0.39, 0.29) is 52.4 Å². The number of amides is 1. The number of fused-ring (bicyclic) bond motifs is 3. The molecule has 6 rings (SSSR count). The molecule has 1 amide bonds. The summed E-state index contributed by atoms with van der Waals surface area (Å²) in [4.78, 5) is 20.6. The van der Waals surface area contributed by atoms with Gasteiger partial charge in [0.05, 0.1) is 39.5 Å². The van der Waals surface area contributed by atoms with E-state index in [4.69, 9.17) is 33.9 Å². The molecule has 3 N–H and O–H groups in total. The van der Waals surface area contributed by atoms with Crippen molar-refractivity contribution in [2.75, 3.05) is 13.1 Å². The fraction of sp³-hybridized carbons (Fsp3) is 0.472. The first kappa shape index (κ1) is 32.7. The molecule has 3 atom stereocenters. The summed E-state index contributed by atoms with van der Waals surface area (Å²) in [5.74, 6) is -0.399. The molecular weight excluding hydrogens is 624 g/mol. The highest BCUT2D eigenvalue weighted by Gasteiger charge is 2.50. The number of likely N-dealkylation sites (tertiary alicyclic amines) is 1. The second kappa shape index (κ2) is 12.8. The average molecular weight is 665 g/mol. The summed E-state index contributed by atoms with van der Waals surface area (Å²) < 4.78 is 19.3. The summed E-state index contributed by atoms with van der Waals surface area (Å²) in [5, 5.41) is 22.4. The van der Waals surface area contributed by atoms with Gasteiger partial charge >= 0.3 is 0 Å². The van der Waals surface area contributed by atoms with Crippen LogP contribution in [0.15, 0.2) is 30.3 Å². The Morgan fingerprint density at radius 1 is 1.28 bits per heavy atom. The van der Waals surface area contributed by atoms with E-state index in [1.165, 1.54) is 0 Å². The van der Waals surface area contributed by atoms with Crippen LogP contribution in [0.25, 0.3) is 32.9 Å². The lowest BCUT2D eigenvalue weighted by Crippen LogP contribution is -2.36. The minimum Gasteiger partial charge on any atom is -0.387 e. The Kier molecular flexibility index (Phi) is 9.08. The van der Waals surface area contributed by atoms with Crippen molar-refractivity contribution in [2.24, 2.45) is 11.1 Å². The van der Waals surface area contributed by atoms with Crippen LogP contribution in [0.4, 0.5) is 4.39 Å². The van der Waals surface area contributed by atoms with Gasteiger partial charge in [0, 0.05) is 52.0 Å². The molecule has 4 aromatic rings. The predicted octanol–water partition coefficient (Wildman–Crippen LogP) is 8.58. The van der Waals surface area contributed by atoms with Gasteiger partial charge in [0.1, 0.15) is 5.52 Å². The number of benzene rings is 2. The van der Waals surface area contributed by atoms with Crippen LogP contribution in [-0.2, 0) is 11.2 Å². The van der Waals surface area contributed by atoms with Crippen LogP contribution >= 0.6 is 23.2 Å². The molecular formula is C36H40Cl2FN5O2. The smallest absolute Gasteiger partial charge is 0.229 e. The number of nitrogens with zero attached hydrogens (tertiary/aromatic N) is 4. The largest absolute Gasteiger partial charge is 0.387 e. The monoisotopic (exact) mass is 663 g/mol. The number of hydrogen-bond acceptors (Lipinski definition) is 5. The second-order valence-electron chi connectivity index (χ2n) is 13.1. The maximum Gasteiger partial charge on any atom is 0.229 e. The molecule has 2 aromatic heterocycles. The van der Waals surface area contributed by atoms with Gasteiger partial charge in [-0.25, -0.2) is 9.37 Å². The minimum atomic E-state index is -0.993. The van der Waals surface area contributed by atoms with Gasteiger partial charge in [0.25, 0.3) is 0 Å². The zero-order valence-electron chi connectivity index (χ0n) is 26.5. The molecule has 10 heteroatoms. The molecule has 0 spiro atoms. The lowest BCUT2D eigenvalue weighted by Gasteiger charge is -2.31. The SMILES string of the molecule is CCC(CCN)n1c(C2CCCN2C(=O)C2(C)CC2)cc2c(C(C)O)nc3c(F)c(-c4cccc(Cl)c4Cl)c(CCC#N)cc3c21. The number of halogens is 3. The topological polar surface area (TPSA) is 108 Å². The Morgan fingerprint density at radius 3 is 2.70 bits per heavy atom. The summed E-state index contributed by atoms with van der Waals surface area (Å²) in [6, 6.07) is 11.0. The summed E-state index contributed by atoms with van der Waals surface area (Å²) in [6.45, 7) is 6.93. The number of carbonyl (C=O) groups is 1. The Bertz CT molecular complexity index is 1880. The Labute approximate surface area is 279 Å². The normalized spacial score (nSPS) is 18.7. The zero-order valence-corrected chi connectivity index (χ0v) is 28.1. The third-order valence-corrected chi connectivity index (χ3v) is 10.8. The van der Waals surface area contributed by atoms with Gasteiger partial charge in [-0.3, -0.25) is 4.79 Å². The number of rotatable bonds is 10. The fourth-order valence-electron chi connectivity index (χ4n) is 7.30. The van der Waals surface area contributed by atoms with Crippen molar-refractivity contribution >= 4 is 50.9 Å². The van der Waals surface area contributed by atoms with E-state index >= 15 is 4.39 Å². The summed E-state index contributed by atoms with van der Waals surface area (Å²) in [6.07, 6.45) is 4.41. The fourth-order valence-corrected chi connectivity index (χ4v) is 7.69. The number of aliphatic hydroxyl groups excluding tert-OH is 1. The number of carbonyl (C=O) groups excluding carboxylic acids is 1. The molecule has 2 aromatic carbocycles. The molecule has 46 heavy (non-hydrogen) atoms. The molecule has 7 nitrogen and oxygen atoms in total. The first-order valence-electron chi connectivity index (χ1n) is 16.3. The standard InChI is InChI=1S/C36H40Cl2FN5O2/c1-4-22(12-16-41)44-28(27-11-7-17-43(27)35(46)36(3)13-14-36)19-25-32(20(2)45)42-33-24(34(25)44)18-21(8-6-15-40)29(31(33)39)23-9-5-10-26(37)30(23)38/h5,9-10,18-20,22,27,45H,4,6-8,11-14,16-17,41H2,1-3H3. The van der Waals surface area contributed by atoms with Gasteiger partial charge in [-0.05, 0) is 82.2 Å². The summed E-state index contributed by atoms with van der Waals surface area (Å²) in [5.41, 5.74) is 9.32. The van der Waals surface area contributed by atoms with E-state index in [1.807, 2.05) is 17.9 Å². The molecule has 1 aliphatic carbocycles. The maximum atomic E-state index is 17.1. The van der Waals surface area contributed by atoms with Gasteiger partial charge < -0.3 is 20.3 Å². The van der Waals surface area contributed by atoms with Gasteiger partial charge in [0.2, 0.25) is 5.91 Å². The maximum absolute atomic E-state index is 17.1. The Morgan fingerprint density at radius 2 is 2.04 bits per heavy atom. The predicted molar refractivity (Wildman–Crippen MR) is 181 cm³/mol. The van der Waals surface area contributed by atoms with Crippen molar-refractivity contribution in [3.8, 4) is 17.2 Å². The van der Waals surface area contributed by atoms with Crippen LogP contribution in [0.1, 0.15) is 101 Å². The molecule has 3 heterocycles. The number of hydrogen-bond donors (Lipinski definition) is 2. The first-order valence-corrected chi connectivity index (χ1v) is 17.0. The van der Waals surface area contributed by atoms with Crippen LogP contribution in [0.5, 0.6) is 0 Å². The molecule has 2 aliphatic rings. The highest BCUT2D eigenvalue weighted by atomic mass is 35.5. The van der Waals surface area contributed by atoms with E-state index in [1.54, 1.807) is 25.1 Å². The number of aliphatic hydroxyl groups is 1. The van der Waals surface area contributed by atoms with Crippen molar-refractivity contribution < 1.29 is 14.3 Å². The zero-order chi connectivity index (χ0) is 32.9. The minimum absolute atomic E-state index is 0.0355. The Balaban J connectivity index is 1.71. The molecule has 1 aliphatic heterocycles. The quantitative estimate of drug-likeness (QED) is 0.177. The van der Waals surface area contributed by atoms with Gasteiger partial charge in [-0.15, -0.1) is 0 Å². The van der Waals surface area contributed by atoms with Crippen LogP contribution in [0, 0.1) is 22.6 Å². The van der Waals surface area contributed by atoms with Gasteiger partial charge in [-0.1, -0.05) is 49.2 Å². The van der Waals surface area contributed by atoms with Crippen LogP contribution in [0.3, 0.4) is 0 Å². The number of aryl methyl sites for hydroxylation is 1. The lowest BCUT2D eigenvalue weighted by molar-refractivity contribution is -0.137. The number of aromatic nitrogens is 2. The lowest BCUT2D eigenvalue weighted by atomic mass is 9.92. The number of nitriles is 1. The molecule has 0 bridgehead atoms. The summed E-state index contributed by atoms with van der Waals surface area (Å²) in [7, 11) is 0. The van der Waals surface area contributed by atoms with E-state index < -0.39 is 11.9 Å². The van der Waals surface area contributed by atoms with Crippen molar-refractivity contribution in [2.45, 2.75) is 90.3 Å². The van der Waals surface area contributed by atoms with Crippen molar-refractivity contribution in [3.05, 3.63) is 63.1 Å². The van der Waals surface area contributed by atoms with E-state index in [2.05, 4.69) is 23.6 Å². The molecule has 1 saturated carbocycles. The van der Waals surface area contributed by atoms with Crippen LogP contribution in [0.2, 0.25) is 10.0 Å². The van der Waals surface area contributed by atoms with Crippen LogP contribution < -0.4 is 5.73 Å². The van der Waals surface area contributed by atoms with Crippen molar-refractivity contribution in [3.63, 3.8) is 0 Å². The highest BCUT2D eigenvalue weighted by molar-refractivity contribution is 6.43.